The number of anilines is 2. The van der Waals surface area contributed by atoms with E-state index in [9.17, 15) is 9.18 Å². The van der Waals surface area contributed by atoms with Crippen LogP contribution in [0, 0.1) is 5.82 Å². The number of amides is 1. The summed E-state index contributed by atoms with van der Waals surface area (Å²) in [7, 11) is 1.60. The molecule has 1 amide bonds. The number of carbonyl (C=O) groups excluding carboxylic acids is 1. The number of thioether (sulfide) groups is 1. The molecular weight excluding hydrogens is 291 g/mol. The Labute approximate surface area is 126 Å². The molecule has 0 radical (unpaired) electrons. The quantitative estimate of drug-likeness (QED) is 0.658. The van der Waals surface area contributed by atoms with Gasteiger partial charge >= 0.3 is 0 Å². The summed E-state index contributed by atoms with van der Waals surface area (Å²) in [5, 5.41) is 2.65. The summed E-state index contributed by atoms with van der Waals surface area (Å²) < 4.78 is 18.0. The van der Waals surface area contributed by atoms with Gasteiger partial charge in [-0.3, -0.25) is 4.79 Å². The average molecular weight is 306 g/mol. The van der Waals surface area contributed by atoms with Crippen LogP contribution >= 0.6 is 11.8 Å². The van der Waals surface area contributed by atoms with Crippen molar-refractivity contribution in [1.82, 2.24) is 0 Å². The van der Waals surface area contributed by atoms with E-state index in [1.807, 2.05) is 24.3 Å². The molecule has 0 saturated heterocycles. The number of hydrogen-bond donors (Lipinski definition) is 2. The molecule has 110 valence electrons. The summed E-state index contributed by atoms with van der Waals surface area (Å²) in [6, 6.07) is 11.3. The highest BCUT2D eigenvalue weighted by Crippen LogP contribution is 2.23. The van der Waals surface area contributed by atoms with E-state index in [0.717, 1.165) is 10.6 Å². The molecule has 0 unspecified atom stereocenters. The molecule has 2 aromatic carbocycles. The Bertz CT molecular complexity index is 632. The Kier molecular flexibility index (Phi) is 5.05. The third-order valence-electron chi connectivity index (χ3n) is 2.72. The normalized spacial score (nSPS) is 10.2. The van der Waals surface area contributed by atoms with Crippen molar-refractivity contribution < 1.29 is 13.9 Å². The highest BCUT2D eigenvalue weighted by Gasteiger charge is 2.07. The van der Waals surface area contributed by atoms with Gasteiger partial charge in [0.2, 0.25) is 5.91 Å². The van der Waals surface area contributed by atoms with E-state index in [-0.39, 0.29) is 17.3 Å². The van der Waals surface area contributed by atoms with Crippen molar-refractivity contribution in [2.24, 2.45) is 0 Å². The Morgan fingerprint density at radius 2 is 2.00 bits per heavy atom. The molecule has 4 nitrogen and oxygen atoms in total. The van der Waals surface area contributed by atoms with Crippen molar-refractivity contribution in [3.8, 4) is 5.75 Å². The van der Waals surface area contributed by atoms with Crippen LogP contribution in [0.25, 0.3) is 0 Å². The molecule has 0 heterocycles. The summed E-state index contributed by atoms with van der Waals surface area (Å²) in [6.07, 6.45) is 0. The zero-order valence-corrected chi connectivity index (χ0v) is 12.2. The third kappa shape index (κ3) is 4.39. The second-order valence-electron chi connectivity index (χ2n) is 4.24. The van der Waals surface area contributed by atoms with Crippen LogP contribution < -0.4 is 15.8 Å². The molecule has 2 aromatic rings. The second-order valence-corrected chi connectivity index (χ2v) is 5.29. The van der Waals surface area contributed by atoms with Crippen molar-refractivity contribution in [2.45, 2.75) is 4.90 Å². The van der Waals surface area contributed by atoms with Crippen molar-refractivity contribution in [2.75, 3.05) is 23.9 Å². The lowest BCUT2D eigenvalue weighted by atomic mass is 10.2. The van der Waals surface area contributed by atoms with Gasteiger partial charge in [0.1, 0.15) is 11.6 Å². The van der Waals surface area contributed by atoms with Gasteiger partial charge in [0.25, 0.3) is 0 Å². The first-order chi connectivity index (χ1) is 10.1. The predicted octanol–water partition coefficient (Wildman–Crippen LogP) is 3.15. The van der Waals surface area contributed by atoms with Crippen molar-refractivity contribution >= 4 is 29.0 Å². The molecular formula is C15H15FN2O2S. The fourth-order valence-corrected chi connectivity index (χ4v) is 2.35. The van der Waals surface area contributed by atoms with Gasteiger partial charge in [-0.1, -0.05) is 0 Å². The first-order valence-corrected chi connectivity index (χ1v) is 7.19. The molecule has 0 aliphatic heterocycles. The zero-order valence-electron chi connectivity index (χ0n) is 11.4. The van der Waals surface area contributed by atoms with Crippen molar-refractivity contribution in [1.29, 1.82) is 0 Å². The van der Waals surface area contributed by atoms with E-state index in [1.54, 1.807) is 7.11 Å². The highest BCUT2D eigenvalue weighted by atomic mass is 32.2. The monoisotopic (exact) mass is 306 g/mol. The number of nitrogens with two attached hydrogens (primary N) is 1. The number of carbonyl (C=O) groups is 1. The minimum absolute atomic E-state index is 0.200. The minimum atomic E-state index is -0.432. The summed E-state index contributed by atoms with van der Waals surface area (Å²) in [5.41, 5.74) is 6.25. The molecule has 0 bridgehead atoms. The van der Waals surface area contributed by atoms with Crippen LogP contribution in [0.5, 0.6) is 5.75 Å². The Morgan fingerprint density at radius 3 is 2.62 bits per heavy atom. The van der Waals surface area contributed by atoms with E-state index in [2.05, 4.69) is 5.32 Å². The van der Waals surface area contributed by atoms with E-state index in [1.165, 1.54) is 30.0 Å². The lowest BCUT2D eigenvalue weighted by Gasteiger charge is -2.08. The lowest BCUT2D eigenvalue weighted by molar-refractivity contribution is -0.113. The molecule has 21 heavy (non-hydrogen) atoms. The molecule has 2 rings (SSSR count). The van der Waals surface area contributed by atoms with E-state index in [0.29, 0.717) is 5.69 Å². The van der Waals surface area contributed by atoms with Gasteiger partial charge < -0.3 is 15.8 Å². The number of halogens is 1. The number of nitrogen functional groups attached to an aromatic ring is 1. The standard InChI is InChI=1S/C15H15FN2O2S/c1-20-11-3-5-12(6-4-11)21-9-15(19)18-14-7-2-10(16)8-13(14)17/h2-8H,9,17H2,1H3,(H,18,19). The largest absolute Gasteiger partial charge is 0.497 e. The van der Waals surface area contributed by atoms with E-state index >= 15 is 0 Å². The van der Waals surface area contributed by atoms with Crippen LogP contribution in [-0.2, 0) is 4.79 Å². The fourth-order valence-electron chi connectivity index (χ4n) is 1.65. The highest BCUT2D eigenvalue weighted by molar-refractivity contribution is 8.00. The Morgan fingerprint density at radius 1 is 1.29 bits per heavy atom. The number of rotatable bonds is 5. The molecule has 6 heteroatoms. The van der Waals surface area contributed by atoms with Crippen LogP contribution in [-0.4, -0.2) is 18.8 Å². The number of nitrogens with one attached hydrogen (secondary N) is 1. The van der Waals surface area contributed by atoms with Gasteiger partial charge in [-0.05, 0) is 42.5 Å². The maximum Gasteiger partial charge on any atom is 0.234 e. The zero-order chi connectivity index (χ0) is 15.2. The topological polar surface area (TPSA) is 64.3 Å². The summed E-state index contributed by atoms with van der Waals surface area (Å²) in [4.78, 5) is 12.8. The smallest absolute Gasteiger partial charge is 0.234 e. The number of benzene rings is 2. The summed E-state index contributed by atoms with van der Waals surface area (Å²) in [5.74, 6) is 0.374. The van der Waals surface area contributed by atoms with Gasteiger partial charge in [-0.15, -0.1) is 11.8 Å². The Balaban J connectivity index is 1.89. The second kappa shape index (κ2) is 6.99. The molecule has 0 fully saturated rings. The van der Waals surface area contributed by atoms with Crippen LogP contribution in [0.3, 0.4) is 0 Å². The van der Waals surface area contributed by atoms with Gasteiger partial charge in [0.05, 0.1) is 24.2 Å². The number of hydrogen-bond acceptors (Lipinski definition) is 4. The van der Waals surface area contributed by atoms with Crippen LogP contribution in [0.15, 0.2) is 47.4 Å². The maximum atomic E-state index is 12.9. The first-order valence-electron chi connectivity index (χ1n) is 6.20. The SMILES string of the molecule is COc1ccc(SCC(=O)Nc2ccc(F)cc2N)cc1. The van der Waals surface area contributed by atoms with Gasteiger partial charge in [0.15, 0.2) is 0 Å². The van der Waals surface area contributed by atoms with Crippen LogP contribution in [0.2, 0.25) is 0 Å². The molecule has 0 aromatic heterocycles. The van der Waals surface area contributed by atoms with Crippen LogP contribution in [0.4, 0.5) is 15.8 Å². The maximum absolute atomic E-state index is 12.9. The number of ether oxygens (including phenoxy) is 1. The van der Waals surface area contributed by atoms with Crippen molar-refractivity contribution in [3.05, 3.63) is 48.3 Å². The number of methoxy groups -OCH3 is 1. The molecule has 3 N–H and O–H groups in total. The van der Waals surface area contributed by atoms with Crippen LogP contribution in [0.1, 0.15) is 0 Å². The molecule has 0 spiro atoms. The molecule has 0 aliphatic carbocycles. The van der Waals surface area contributed by atoms with Gasteiger partial charge in [-0.2, -0.15) is 0 Å². The average Bonchev–Trinajstić information content (AvgIpc) is 2.48. The van der Waals surface area contributed by atoms with Crippen molar-refractivity contribution in [3.63, 3.8) is 0 Å². The Hall–Kier alpha value is -2.21. The first kappa shape index (κ1) is 15.2. The predicted molar refractivity (Wildman–Crippen MR) is 83.2 cm³/mol. The summed E-state index contributed by atoms with van der Waals surface area (Å²) >= 11 is 1.39. The molecule has 0 saturated carbocycles. The lowest BCUT2D eigenvalue weighted by Crippen LogP contribution is -2.15. The van der Waals surface area contributed by atoms with Gasteiger partial charge in [0, 0.05) is 4.90 Å². The van der Waals surface area contributed by atoms with E-state index < -0.39 is 5.82 Å². The fraction of sp³-hybridized carbons (Fsp3) is 0.133. The third-order valence-corrected chi connectivity index (χ3v) is 3.73. The minimum Gasteiger partial charge on any atom is -0.497 e. The van der Waals surface area contributed by atoms with Gasteiger partial charge in [-0.25, -0.2) is 4.39 Å². The molecule has 0 atom stereocenters. The van der Waals surface area contributed by atoms with E-state index in [4.69, 9.17) is 10.5 Å². The molecule has 0 aliphatic rings. The summed E-state index contributed by atoms with van der Waals surface area (Å²) in [6.45, 7) is 0.